The fourth-order valence-corrected chi connectivity index (χ4v) is 3.40. The Labute approximate surface area is 143 Å². The van der Waals surface area contributed by atoms with Crippen molar-refractivity contribution in [1.29, 1.82) is 0 Å². The molecule has 24 heavy (non-hydrogen) atoms. The van der Waals surface area contributed by atoms with Crippen LogP contribution in [-0.4, -0.2) is 51.5 Å². The number of aromatic nitrogens is 3. The van der Waals surface area contributed by atoms with E-state index in [1.807, 2.05) is 30.6 Å². The molecule has 0 bridgehead atoms. The van der Waals surface area contributed by atoms with Crippen molar-refractivity contribution < 1.29 is 9.84 Å². The van der Waals surface area contributed by atoms with E-state index in [0.29, 0.717) is 12.5 Å². The predicted octanol–water partition coefficient (Wildman–Crippen LogP) is 2.22. The van der Waals surface area contributed by atoms with Crippen LogP contribution in [0.1, 0.15) is 43.2 Å². The van der Waals surface area contributed by atoms with Gasteiger partial charge >= 0.3 is 0 Å². The van der Waals surface area contributed by atoms with Gasteiger partial charge in [0, 0.05) is 19.0 Å². The lowest BCUT2D eigenvalue weighted by Crippen LogP contribution is -2.36. The van der Waals surface area contributed by atoms with Crippen LogP contribution in [0, 0.1) is 0 Å². The number of rotatable bonds is 6. The molecule has 0 saturated carbocycles. The summed E-state index contributed by atoms with van der Waals surface area (Å²) in [5.41, 5.74) is 0.905. The highest BCUT2D eigenvalue weighted by Gasteiger charge is 2.25. The highest BCUT2D eigenvalue weighted by molar-refractivity contribution is 5.29. The lowest BCUT2D eigenvalue weighted by atomic mass is 9.95. The van der Waals surface area contributed by atoms with Crippen LogP contribution < -0.4 is 4.74 Å². The number of aliphatic hydroxyl groups excluding tert-OH is 1. The molecule has 2 heterocycles. The molecule has 1 unspecified atom stereocenters. The third-order valence-corrected chi connectivity index (χ3v) is 4.85. The van der Waals surface area contributed by atoms with Gasteiger partial charge in [0.2, 0.25) is 0 Å². The van der Waals surface area contributed by atoms with Crippen LogP contribution in [-0.2, 0) is 6.54 Å². The largest absolute Gasteiger partial charge is 0.497 e. The highest BCUT2D eigenvalue weighted by atomic mass is 16.5. The molecular formula is C18H26N4O2. The number of piperidine rings is 1. The van der Waals surface area contributed by atoms with Crippen molar-refractivity contribution in [1.82, 2.24) is 19.7 Å². The number of nitrogens with zero attached hydrogens (tertiary/aromatic N) is 4. The molecule has 1 aromatic carbocycles. The first-order valence-corrected chi connectivity index (χ1v) is 8.63. The van der Waals surface area contributed by atoms with Crippen LogP contribution in [0.5, 0.6) is 5.75 Å². The molecule has 1 aliphatic heterocycles. The minimum absolute atomic E-state index is 0.470. The summed E-state index contributed by atoms with van der Waals surface area (Å²) in [4.78, 5) is 2.33. The van der Waals surface area contributed by atoms with Gasteiger partial charge in [-0.3, -0.25) is 0 Å². The molecule has 6 nitrogen and oxygen atoms in total. The predicted molar refractivity (Wildman–Crippen MR) is 92.1 cm³/mol. The van der Waals surface area contributed by atoms with Crippen molar-refractivity contribution in [2.75, 3.05) is 26.7 Å². The summed E-state index contributed by atoms with van der Waals surface area (Å²) in [6.07, 6.45) is 3.44. The number of ether oxygens (including phenoxy) is 1. The van der Waals surface area contributed by atoms with E-state index in [-0.39, 0.29) is 0 Å². The lowest BCUT2D eigenvalue weighted by molar-refractivity contribution is 0.0961. The first kappa shape index (κ1) is 16.9. The van der Waals surface area contributed by atoms with Crippen LogP contribution in [0.4, 0.5) is 0 Å². The lowest BCUT2D eigenvalue weighted by Gasteiger charge is -2.32. The van der Waals surface area contributed by atoms with Crippen molar-refractivity contribution in [3.8, 4) is 5.75 Å². The van der Waals surface area contributed by atoms with Crippen LogP contribution in [0.15, 0.2) is 30.6 Å². The Morgan fingerprint density at radius 3 is 2.83 bits per heavy atom. The second-order valence-electron chi connectivity index (χ2n) is 6.34. The number of benzene rings is 1. The van der Waals surface area contributed by atoms with Crippen molar-refractivity contribution in [2.45, 2.75) is 38.3 Å². The fourth-order valence-electron chi connectivity index (χ4n) is 3.40. The van der Waals surface area contributed by atoms with Gasteiger partial charge in [-0.15, -0.1) is 10.2 Å². The molecule has 0 aliphatic carbocycles. The van der Waals surface area contributed by atoms with Gasteiger partial charge < -0.3 is 19.3 Å². The topological polar surface area (TPSA) is 63.4 Å². The Hall–Kier alpha value is -1.92. The Morgan fingerprint density at radius 2 is 2.12 bits per heavy atom. The van der Waals surface area contributed by atoms with Crippen LogP contribution in [0.25, 0.3) is 0 Å². The molecule has 130 valence electrons. The van der Waals surface area contributed by atoms with Gasteiger partial charge in [0.15, 0.2) is 0 Å². The maximum Gasteiger partial charge on any atom is 0.135 e. The number of hydrogen-bond donors (Lipinski definition) is 1. The van der Waals surface area contributed by atoms with E-state index in [1.165, 1.54) is 0 Å². The van der Waals surface area contributed by atoms with Gasteiger partial charge in [0.1, 0.15) is 17.9 Å². The second-order valence-corrected chi connectivity index (χ2v) is 6.34. The van der Waals surface area contributed by atoms with E-state index in [4.69, 9.17) is 4.74 Å². The molecule has 1 N–H and O–H groups in total. The Balaban J connectivity index is 1.55. The van der Waals surface area contributed by atoms with Gasteiger partial charge in [0.05, 0.1) is 13.2 Å². The smallest absolute Gasteiger partial charge is 0.135 e. The van der Waals surface area contributed by atoms with Crippen LogP contribution in [0.3, 0.4) is 0 Å². The van der Waals surface area contributed by atoms with E-state index < -0.39 is 6.10 Å². The van der Waals surface area contributed by atoms with Gasteiger partial charge in [-0.1, -0.05) is 12.1 Å². The van der Waals surface area contributed by atoms with Gasteiger partial charge in [-0.05, 0) is 50.6 Å². The first-order valence-electron chi connectivity index (χ1n) is 8.63. The molecular weight excluding hydrogens is 304 g/mol. The molecule has 1 saturated heterocycles. The highest BCUT2D eigenvalue weighted by Crippen LogP contribution is 2.28. The molecule has 1 aromatic heterocycles. The van der Waals surface area contributed by atoms with E-state index in [9.17, 15) is 5.11 Å². The second kappa shape index (κ2) is 7.77. The minimum atomic E-state index is -0.490. The monoisotopic (exact) mass is 330 g/mol. The molecule has 1 fully saturated rings. The summed E-state index contributed by atoms with van der Waals surface area (Å²) in [6.45, 7) is 5.63. The summed E-state index contributed by atoms with van der Waals surface area (Å²) in [5.74, 6) is 2.35. The Morgan fingerprint density at radius 1 is 1.33 bits per heavy atom. The SMILES string of the molecule is CCn1cnnc1C1CCN(CC(O)c2cccc(OC)c2)CC1. The summed E-state index contributed by atoms with van der Waals surface area (Å²) >= 11 is 0. The van der Waals surface area contributed by atoms with E-state index in [1.54, 1.807) is 7.11 Å². The molecule has 2 aromatic rings. The van der Waals surface area contributed by atoms with Crippen molar-refractivity contribution >= 4 is 0 Å². The number of hydrogen-bond acceptors (Lipinski definition) is 5. The third-order valence-electron chi connectivity index (χ3n) is 4.85. The van der Waals surface area contributed by atoms with Gasteiger partial charge in [-0.2, -0.15) is 0 Å². The van der Waals surface area contributed by atoms with Crippen LogP contribution in [0.2, 0.25) is 0 Å². The van der Waals surface area contributed by atoms with E-state index >= 15 is 0 Å². The Kier molecular flexibility index (Phi) is 5.48. The van der Waals surface area contributed by atoms with E-state index in [0.717, 1.165) is 49.6 Å². The molecule has 1 aliphatic rings. The summed E-state index contributed by atoms with van der Waals surface area (Å²) < 4.78 is 7.36. The minimum Gasteiger partial charge on any atom is -0.497 e. The number of methoxy groups -OCH3 is 1. The standard InChI is InChI=1S/C18H26N4O2/c1-3-22-13-19-20-18(22)14-7-9-21(10-8-14)12-17(23)15-5-4-6-16(11-15)24-2/h4-6,11,13-14,17,23H,3,7-10,12H2,1-2H3. The summed E-state index contributed by atoms with van der Waals surface area (Å²) in [7, 11) is 1.64. The van der Waals surface area contributed by atoms with Gasteiger partial charge in [-0.25, -0.2) is 0 Å². The first-order chi connectivity index (χ1) is 11.7. The molecule has 3 rings (SSSR count). The summed E-state index contributed by atoms with van der Waals surface area (Å²) in [6, 6.07) is 7.66. The molecule has 6 heteroatoms. The van der Waals surface area contributed by atoms with Crippen molar-refractivity contribution in [3.05, 3.63) is 42.0 Å². The maximum absolute atomic E-state index is 10.5. The number of aliphatic hydroxyl groups is 1. The number of likely N-dealkylation sites (tertiary alicyclic amines) is 1. The maximum atomic E-state index is 10.5. The molecule has 0 radical (unpaired) electrons. The van der Waals surface area contributed by atoms with Gasteiger partial charge in [0.25, 0.3) is 0 Å². The average Bonchev–Trinajstić information content (AvgIpc) is 3.11. The van der Waals surface area contributed by atoms with E-state index in [2.05, 4.69) is 26.6 Å². The van der Waals surface area contributed by atoms with Crippen LogP contribution >= 0.6 is 0 Å². The zero-order valence-electron chi connectivity index (χ0n) is 14.4. The average molecular weight is 330 g/mol. The molecule has 0 spiro atoms. The molecule has 0 amide bonds. The molecule has 1 atom stereocenters. The zero-order chi connectivity index (χ0) is 16.9. The van der Waals surface area contributed by atoms with Crippen molar-refractivity contribution in [2.24, 2.45) is 0 Å². The third kappa shape index (κ3) is 3.76. The number of aryl methyl sites for hydroxylation is 1. The van der Waals surface area contributed by atoms with Crippen molar-refractivity contribution in [3.63, 3.8) is 0 Å². The zero-order valence-corrected chi connectivity index (χ0v) is 14.4. The Bertz CT molecular complexity index is 650. The quantitative estimate of drug-likeness (QED) is 0.880. The number of β-amino-alcohol motifs (C(OH)–C–C–N with tert-alkyl or cyclic N) is 1. The summed E-state index contributed by atoms with van der Waals surface area (Å²) in [5, 5.41) is 18.8. The normalized spacial score (nSPS) is 17.8. The fraction of sp³-hybridized carbons (Fsp3) is 0.556.